The Morgan fingerprint density at radius 2 is 2.03 bits per heavy atom. The molecule has 8 heteroatoms. The first kappa shape index (κ1) is 25.4. The molecular formula is C27H36N4O3S. The number of nitrogens with zero attached hydrogens (tertiary/aromatic N) is 2. The molecule has 2 unspecified atom stereocenters. The average molecular weight is 497 g/mol. The van der Waals surface area contributed by atoms with Crippen molar-refractivity contribution >= 4 is 10.0 Å². The van der Waals surface area contributed by atoms with Gasteiger partial charge in [-0.05, 0) is 55.0 Å². The van der Waals surface area contributed by atoms with Gasteiger partial charge in [0.2, 0.25) is 0 Å². The van der Waals surface area contributed by atoms with Crippen LogP contribution in [0.5, 0.6) is 5.75 Å². The standard InChI is InChI=1S/C27H36N4O3S/c1-19(2)30-26-11-9-22-8-10-23(16-24(22)25(26)15-21-7-5-6-20(3)14-21)34-13-12-29-35(32,33)27-17-31(4)18-28-27/h5-8,10,14,16-19,25-26,29-30H,9,11-13,15H2,1-4H3. The SMILES string of the molecule is Cc1cccc(CC2c3cc(OCCNS(=O)(=O)c4cn(C)cn4)ccc3CCC2NC(C)C)c1. The average Bonchev–Trinajstić information content (AvgIpc) is 3.25. The van der Waals surface area contributed by atoms with Crippen molar-refractivity contribution in [1.29, 1.82) is 0 Å². The van der Waals surface area contributed by atoms with Gasteiger partial charge in [-0.25, -0.2) is 18.1 Å². The predicted molar refractivity (Wildman–Crippen MR) is 138 cm³/mol. The minimum absolute atomic E-state index is 0.0106. The molecule has 2 N–H and O–H groups in total. The summed E-state index contributed by atoms with van der Waals surface area (Å²) in [5, 5.41) is 3.80. The number of rotatable bonds is 10. The molecule has 35 heavy (non-hydrogen) atoms. The van der Waals surface area contributed by atoms with Crippen LogP contribution >= 0.6 is 0 Å². The van der Waals surface area contributed by atoms with Crippen LogP contribution in [0.15, 0.2) is 60.0 Å². The second kappa shape index (κ2) is 10.9. The summed E-state index contributed by atoms with van der Waals surface area (Å²) in [5.41, 5.74) is 5.31. The summed E-state index contributed by atoms with van der Waals surface area (Å²) < 4.78 is 34.9. The highest BCUT2D eigenvalue weighted by Crippen LogP contribution is 2.37. The first-order valence-corrected chi connectivity index (χ1v) is 13.7. The molecule has 4 rings (SSSR count). The number of fused-ring (bicyclic) bond motifs is 1. The molecule has 0 saturated heterocycles. The van der Waals surface area contributed by atoms with E-state index in [4.69, 9.17) is 4.74 Å². The molecule has 188 valence electrons. The Labute approximate surface area is 209 Å². The van der Waals surface area contributed by atoms with Gasteiger partial charge in [-0.2, -0.15) is 0 Å². The van der Waals surface area contributed by atoms with Gasteiger partial charge in [0.25, 0.3) is 10.0 Å². The van der Waals surface area contributed by atoms with E-state index in [0.717, 1.165) is 25.0 Å². The molecule has 2 aromatic carbocycles. The van der Waals surface area contributed by atoms with Crippen LogP contribution in [-0.4, -0.2) is 43.2 Å². The molecule has 0 radical (unpaired) electrons. The lowest BCUT2D eigenvalue weighted by molar-refractivity contribution is 0.319. The largest absolute Gasteiger partial charge is 0.492 e. The van der Waals surface area contributed by atoms with E-state index in [1.54, 1.807) is 11.6 Å². The summed E-state index contributed by atoms with van der Waals surface area (Å²) in [5.74, 6) is 1.11. The lowest BCUT2D eigenvalue weighted by Gasteiger charge is -2.36. The number of aryl methyl sites for hydroxylation is 3. The maximum Gasteiger partial charge on any atom is 0.259 e. The van der Waals surface area contributed by atoms with Crippen LogP contribution in [0.25, 0.3) is 0 Å². The molecule has 3 aromatic rings. The molecule has 0 bridgehead atoms. The first-order valence-electron chi connectivity index (χ1n) is 12.3. The zero-order chi connectivity index (χ0) is 25.0. The Morgan fingerprint density at radius 1 is 1.20 bits per heavy atom. The van der Waals surface area contributed by atoms with Crippen molar-refractivity contribution in [1.82, 2.24) is 19.6 Å². The number of imidazole rings is 1. The lowest BCUT2D eigenvalue weighted by Crippen LogP contribution is -2.42. The highest BCUT2D eigenvalue weighted by Gasteiger charge is 2.30. The van der Waals surface area contributed by atoms with Gasteiger partial charge in [0.1, 0.15) is 12.4 Å². The van der Waals surface area contributed by atoms with E-state index >= 15 is 0 Å². The van der Waals surface area contributed by atoms with Gasteiger partial charge in [0.05, 0.1) is 6.33 Å². The van der Waals surface area contributed by atoms with Crippen LogP contribution in [-0.2, 0) is 29.9 Å². The topological polar surface area (TPSA) is 85.2 Å². The van der Waals surface area contributed by atoms with Gasteiger partial charge >= 0.3 is 0 Å². The van der Waals surface area contributed by atoms with Gasteiger partial charge in [-0.15, -0.1) is 0 Å². The number of hydrogen-bond donors (Lipinski definition) is 2. The second-order valence-electron chi connectivity index (χ2n) is 9.75. The minimum atomic E-state index is -3.64. The van der Waals surface area contributed by atoms with E-state index in [2.05, 4.69) is 72.2 Å². The quantitative estimate of drug-likeness (QED) is 0.418. The fourth-order valence-corrected chi connectivity index (χ4v) is 5.87. The Morgan fingerprint density at radius 3 is 2.74 bits per heavy atom. The number of ether oxygens (including phenoxy) is 1. The molecule has 7 nitrogen and oxygen atoms in total. The summed E-state index contributed by atoms with van der Waals surface area (Å²) >= 11 is 0. The third-order valence-electron chi connectivity index (χ3n) is 6.43. The summed E-state index contributed by atoms with van der Waals surface area (Å²) in [6, 6.07) is 15.9. The van der Waals surface area contributed by atoms with E-state index in [1.807, 2.05) is 6.07 Å². The van der Waals surface area contributed by atoms with Crippen LogP contribution in [0.1, 0.15) is 48.4 Å². The van der Waals surface area contributed by atoms with E-state index in [0.29, 0.717) is 18.0 Å². The molecule has 0 spiro atoms. The Kier molecular flexibility index (Phi) is 7.94. The van der Waals surface area contributed by atoms with Gasteiger partial charge < -0.3 is 14.6 Å². The van der Waals surface area contributed by atoms with Crippen molar-refractivity contribution in [3.8, 4) is 5.75 Å². The molecule has 0 fully saturated rings. The van der Waals surface area contributed by atoms with Crippen molar-refractivity contribution in [2.45, 2.75) is 63.1 Å². The number of aromatic nitrogens is 2. The van der Waals surface area contributed by atoms with Crippen LogP contribution < -0.4 is 14.8 Å². The Balaban J connectivity index is 1.46. The summed E-state index contributed by atoms with van der Waals surface area (Å²) in [7, 11) is -1.91. The van der Waals surface area contributed by atoms with Gasteiger partial charge in [-0.3, -0.25) is 0 Å². The van der Waals surface area contributed by atoms with Crippen molar-refractivity contribution in [2.75, 3.05) is 13.2 Å². The number of nitrogens with one attached hydrogen (secondary N) is 2. The highest BCUT2D eigenvalue weighted by molar-refractivity contribution is 7.89. The molecule has 1 heterocycles. The molecule has 1 aliphatic rings. The van der Waals surface area contributed by atoms with Crippen LogP contribution in [0.4, 0.5) is 0 Å². The van der Waals surface area contributed by atoms with E-state index < -0.39 is 10.0 Å². The Bertz CT molecular complexity index is 1250. The summed E-state index contributed by atoms with van der Waals surface area (Å²) in [6.45, 7) is 6.94. The van der Waals surface area contributed by atoms with Crippen molar-refractivity contribution in [2.24, 2.45) is 7.05 Å². The van der Waals surface area contributed by atoms with Crippen molar-refractivity contribution < 1.29 is 13.2 Å². The molecular weight excluding hydrogens is 460 g/mol. The second-order valence-corrected chi connectivity index (χ2v) is 11.5. The smallest absolute Gasteiger partial charge is 0.259 e. The number of sulfonamides is 1. The molecule has 1 aromatic heterocycles. The molecule has 0 saturated carbocycles. The van der Waals surface area contributed by atoms with Crippen LogP contribution in [0, 0.1) is 6.92 Å². The molecule has 2 atom stereocenters. The predicted octanol–water partition coefficient (Wildman–Crippen LogP) is 3.72. The summed E-state index contributed by atoms with van der Waals surface area (Å²) in [6.07, 6.45) is 6.05. The highest BCUT2D eigenvalue weighted by atomic mass is 32.2. The minimum Gasteiger partial charge on any atom is -0.492 e. The number of benzene rings is 2. The third kappa shape index (κ3) is 6.51. The van der Waals surface area contributed by atoms with Crippen molar-refractivity contribution in [3.05, 3.63) is 77.2 Å². The van der Waals surface area contributed by atoms with E-state index in [-0.39, 0.29) is 18.2 Å². The lowest BCUT2D eigenvalue weighted by atomic mass is 9.76. The maximum absolute atomic E-state index is 12.4. The first-order chi connectivity index (χ1) is 16.7. The summed E-state index contributed by atoms with van der Waals surface area (Å²) in [4.78, 5) is 3.91. The monoisotopic (exact) mass is 496 g/mol. The zero-order valence-electron chi connectivity index (χ0n) is 21.0. The third-order valence-corrected chi connectivity index (χ3v) is 7.78. The van der Waals surface area contributed by atoms with Crippen molar-refractivity contribution in [3.63, 3.8) is 0 Å². The van der Waals surface area contributed by atoms with Gasteiger partial charge in [0.15, 0.2) is 5.03 Å². The molecule has 0 amide bonds. The van der Waals surface area contributed by atoms with E-state index in [9.17, 15) is 8.42 Å². The van der Waals surface area contributed by atoms with Gasteiger partial charge in [-0.1, -0.05) is 49.7 Å². The fraction of sp³-hybridized carbons (Fsp3) is 0.444. The number of hydrogen-bond acceptors (Lipinski definition) is 5. The zero-order valence-corrected chi connectivity index (χ0v) is 21.8. The van der Waals surface area contributed by atoms with E-state index in [1.165, 1.54) is 34.8 Å². The molecule has 0 aliphatic heterocycles. The normalized spacial score (nSPS) is 18.0. The maximum atomic E-state index is 12.4. The Hall–Kier alpha value is -2.68. The molecule has 1 aliphatic carbocycles. The van der Waals surface area contributed by atoms with Gasteiger partial charge in [0, 0.05) is 37.8 Å². The van der Waals surface area contributed by atoms with Crippen LogP contribution in [0.3, 0.4) is 0 Å². The van der Waals surface area contributed by atoms with Crippen LogP contribution in [0.2, 0.25) is 0 Å². The fourth-order valence-electron chi connectivity index (χ4n) is 4.88.